The monoisotopic (exact) mass is 506 g/mol. The molecule has 192 valence electrons. The van der Waals surface area contributed by atoms with Crippen LogP contribution in [0.3, 0.4) is 0 Å². The van der Waals surface area contributed by atoms with Gasteiger partial charge in [-0.1, -0.05) is 42.5 Å². The quantitative estimate of drug-likeness (QED) is 0.435. The molecular formula is C30H30N6O2. The highest BCUT2D eigenvalue weighted by atomic mass is 16.3. The van der Waals surface area contributed by atoms with Crippen molar-refractivity contribution in [2.75, 3.05) is 10.2 Å². The number of hydrogen-bond acceptors (Lipinski definition) is 5. The number of aliphatic hydroxyl groups is 1. The van der Waals surface area contributed by atoms with Crippen LogP contribution in [-0.4, -0.2) is 24.0 Å². The topological polar surface area (TPSA) is 80.2 Å². The molecule has 0 radical (unpaired) electrons. The van der Waals surface area contributed by atoms with Crippen LogP contribution in [0.25, 0.3) is 29.6 Å². The molecule has 0 amide bonds. The van der Waals surface area contributed by atoms with Gasteiger partial charge >= 0.3 is 0 Å². The number of aromatic nitrogens is 4. The molecule has 0 fully saturated rings. The van der Waals surface area contributed by atoms with E-state index in [2.05, 4.69) is 56.6 Å². The predicted octanol–water partition coefficient (Wildman–Crippen LogP) is 3.14. The molecule has 38 heavy (non-hydrogen) atoms. The number of nitrogens with zero attached hydrogens (tertiary/aromatic N) is 5. The number of anilines is 3. The number of nitrogens with one attached hydrogen (secondary N) is 1. The fourth-order valence-corrected chi connectivity index (χ4v) is 5.22. The van der Waals surface area contributed by atoms with E-state index in [0.29, 0.717) is 17.2 Å². The van der Waals surface area contributed by atoms with Crippen LogP contribution in [-0.2, 0) is 26.1 Å². The molecule has 8 nitrogen and oxygen atoms in total. The van der Waals surface area contributed by atoms with Crippen molar-refractivity contribution in [3.05, 3.63) is 99.3 Å². The summed E-state index contributed by atoms with van der Waals surface area (Å²) in [7, 11) is 3.53. The molecule has 8 heteroatoms. The molecule has 4 aromatic rings. The normalized spacial score (nSPS) is 14.1. The molecule has 0 saturated carbocycles. The molecule has 1 aliphatic heterocycles. The molecule has 0 unspecified atom stereocenters. The first-order valence-electron chi connectivity index (χ1n) is 12.6. The van der Waals surface area contributed by atoms with Gasteiger partial charge in [-0.25, -0.2) is 0 Å². The molecule has 1 aliphatic carbocycles. The number of fused-ring (bicyclic) bond motifs is 3. The highest BCUT2D eigenvalue weighted by molar-refractivity contribution is 5.92. The Labute approximate surface area is 220 Å². The Kier molecular flexibility index (Phi) is 5.50. The fourth-order valence-electron chi connectivity index (χ4n) is 5.22. The highest BCUT2D eigenvalue weighted by Crippen LogP contribution is 2.37. The summed E-state index contributed by atoms with van der Waals surface area (Å²) >= 11 is 0. The van der Waals surface area contributed by atoms with E-state index < -0.39 is 5.60 Å². The van der Waals surface area contributed by atoms with Crippen LogP contribution in [0.1, 0.15) is 25.1 Å². The lowest BCUT2D eigenvalue weighted by Gasteiger charge is -2.25. The molecule has 3 aromatic heterocycles. The highest BCUT2D eigenvalue weighted by Gasteiger charge is 2.24. The maximum Gasteiger partial charge on any atom is 0.274 e. The minimum absolute atomic E-state index is 0.177. The third-order valence-electron chi connectivity index (χ3n) is 7.02. The Morgan fingerprint density at radius 2 is 1.87 bits per heavy atom. The van der Waals surface area contributed by atoms with E-state index in [0.717, 1.165) is 28.6 Å². The van der Waals surface area contributed by atoms with Crippen molar-refractivity contribution < 1.29 is 5.11 Å². The first-order valence-corrected chi connectivity index (χ1v) is 12.6. The second-order valence-corrected chi connectivity index (χ2v) is 10.3. The lowest BCUT2D eigenvalue weighted by Crippen LogP contribution is -2.31. The molecular weight excluding hydrogens is 476 g/mol. The van der Waals surface area contributed by atoms with Gasteiger partial charge in [-0.3, -0.25) is 9.48 Å². The Morgan fingerprint density at radius 1 is 1.08 bits per heavy atom. The van der Waals surface area contributed by atoms with Gasteiger partial charge in [-0.2, -0.15) is 5.10 Å². The number of benzene rings is 1. The van der Waals surface area contributed by atoms with Gasteiger partial charge in [-0.05, 0) is 43.5 Å². The van der Waals surface area contributed by atoms with Crippen molar-refractivity contribution in [3.8, 4) is 11.1 Å². The van der Waals surface area contributed by atoms with E-state index in [4.69, 9.17) is 0 Å². The first kappa shape index (κ1) is 23.8. The third-order valence-corrected chi connectivity index (χ3v) is 7.02. The first-order chi connectivity index (χ1) is 18.2. The predicted molar refractivity (Wildman–Crippen MR) is 152 cm³/mol. The summed E-state index contributed by atoms with van der Waals surface area (Å²) in [6.45, 7) is 3.42. The van der Waals surface area contributed by atoms with E-state index in [1.54, 1.807) is 43.3 Å². The number of rotatable bonds is 5. The van der Waals surface area contributed by atoms with Crippen LogP contribution in [0.2, 0.25) is 0 Å². The van der Waals surface area contributed by atoms with Crippen molar-refractivity contribution in [3.63, 3.8) is 0 Å². The van der Waals surface area contributed by atoms with Crippen molar-refractivity contribution in [2.45, 2.75) is 25.9 Å². The summed E-state index contributed by atoms with van der Waals surface area (Å²) < 4.78 is 5.40. The lowest BCUT2D eigenvalue weighted by molar-refractivity contribution is 0.0696. The van der Waals surface area contributed by atoms with Gasteiger partial charge in [-0.15, -0.1) is 0 Å². The van der Waals surface area contributed by atoms with E-state index in [9.17, 15) is 9.90 Å². The zero-order valence-electron chi connectivity index (χ0n) is 21.9. The Bertz CT molecular complexity index is 1800. The SMILES string of the molecule is Cn1nc(Nc2c(-c3ccccc3)c(N3C=Cn4c(cc5c4=CC=CC5)=C3)cn(C)c2=O)cc1C(C)(C)O. The van der Waals surface area contributed by atoms with Crippen LogP contribution in [0.15, 0.2) is 71.8 Å². The number of pyridine rings is 1. The van der Waals surface area contributed by atoms with Crippen molar-refractivity contribution in [1.29, 1.82) is 0 Å². The van der Waals surface area contributed by atoms with E-state index in [1.165, 1.54) is 10.9 Å². The maximum absolute atomic E-state index is 13.6. The zero-order chi connectivity index (χ0) is 26.6. The third kappa shape index (κ3) is 3.99. The molecule has 1 aromatic carbocycles. The van der Waals surface area contributed by atoms with Crippen LogP contribution in [0.5, 0.6) is 0 Å². The van der Waals surface area contributed by atoms with Crippen molar-refractivity contribution >= 4 is 35.7 Å². The van der Waals surface area contributed by atoms with Gasteiger partial charge in [0.25, 0.3) is 5.56 Å². The Morgan fingerprint density at radius 3 is 2.61 bits per heavy atom. The Balaban J connectivity index is 1.54. The summed E-state index contributed by atoms with van der Waals surface area (Å²) in [5.41, 5.74) is 3.60. The molecule has 2 N–H and O–H groups in total. The van der Waals surface area contributed by atoms with Crippen LogP contribution in [0, 0.1) is 0 Å². The smallest absolute Gasteiger partial charge is 0.274 e. The van der Waals surface area contributed by atoms with E-state index >= 15 is 0 Å². The van der Waals surface area contributed by atoms with Gasteiger partial charge in [0, 0.05) is 55.9 Å². The largest absolute Gasteiger partial charge is 0.384 e. The molecule has 4 heterocycles. The van der Waals surface area contributed by atoms with Gasteiger partial charge in [0.15, 0.2) is 5.82 Å². The maximum atomic E-state index is 13.6. The summed E-state index contributed by atoms with van der Waals surface area (Å²) in [5.74, 6) is 0.485. The molecule has 2 aliphatic rings. The van der Waals surface area contributed by atoms with Crippen molar-refractivity contribution in [2.24, 2.45) is 14.1 Å². The van der Waals surface area contributed by atoms with Crippen LogP contribution < -0.4 is 26.5 Å². The fraction of sp³-hybridized carbons (Fsp3) is 0.200. The van der Waals surface area contributed by atoms with E-state index in [-0.39, 0.29) is 5.56 Å². The second-order valence-electron chi connectivity index (χ2n) is 10.3. The second kappa shape index (κ2) is 8.78. The summed E-state index contributed by atoms with van der Waals surface area (Å²) in [4.78, 5) is 15.6. The average Bonchev–Trinajstić information content (AvgIpc) is 3.46. The minimum Gasteiger partial charge on any atom is -0.384 e. The Hall–Kier alpha value is -4.56. The minimum atomic E-state index is -1.08. The lowest BCUT2D eigenvalue weighted by atomic mass is 10.0. The van der Waals surface area contributed by atoms with E-state index in [1.807, 2.05) is 42.7 Å². The van der Waals surface area contributed by atoms with Gasteiger partial charge in [0.2, 0.25) is 0 Å². The van der Waals surface area contributed by atoms with Crippen molar-refractivity contribution in [1.82, 2.24) is 18.9 Å². The summed E-state index contributed by atoms with van der Waals surface area (Å²) in [6.07, 6.45) is 15.3. The van der Waals surface area contributed by atoms with Crippen LogP contribution in [0.4, 0.5) is 17.2 Å². The molecule has 0 spiro atoms. The average molecular weight is 507 g/mol. The number of allylic oxidation sites excluding steroid dienone is 2. The summed E-state index contributed by atoms with van der Waals surface area (Å²) in [6, 6.07) is 13.9. The van der Waals surface area contributed by atoms with Gasteiger partial charge < -0.3 is 24.5 Å². The number of hydrogen-bond donors (Lipinski definition) is 2. The molecule has 6 rings (SSSR count). The molecule has 0 saturated heterocycles. The van der Waals surface area contributed by atoms with Gasteiger partial charge in [0.05, 0.1) is 16.7 Å². The zero-order valence-corrected chi connectivity index (χ0v) is 21.9. The van der Waals surface area contributed by atoms with Crippen LogP contribution >= 0.6 is 0 Å². The number of aryl methyl sites for hydroxylation is 2. The summed E-state index contributed by atoms with van der Waals surface area (Å²) in [5, 5.41) is 20.6. The molecule has 0 bridgehead atoms. The standard InChI is InChI=1S/C30H30N6O2/c1-30(2,38)25-17-26(32-34(25)4)31-28-27(20-10-6-5-7-11-20)24(19-33(3)29(28)37)35-14-15-36-22(18-35)16-21-12-8-9-13-23(21)36/h5-11,13-19,38H,12H2,1-4H3,(H,31,32). The molecule has 0 atom stereocenters. The van der Waals surface area contributed by atoms with Gasteiger partial charge in [0.1, 0.15) is 11.3 Å².